The topological polar surface area (TPSA) is 98.8 Å². The predicted molar refractivity (Wildman–Crippen MR) is 159 cm³/mol. The number of piperidine rings is 1. The van der Waals surface area contributed by atoms with Gasteiger partial charge in [-0.05, 0) is 62.4 Å². The molecule has 0 unspecified atom stereocenters. The van der Waals surface area contributed by atoms with Gasteiger partial charge in [0, 0.05) is 37.6 Å². The minimum Gasteiger partial charge on any atom is -0.457 e. The Morgan fingerprint density at radius 1 is 1.15 bits per heavy atom. The number of likely N-dealkylation sites (tertiary alicyclic amines) is 1. The van der Waals surface area contributed by atoms with Crippen molar-refractivity contribution in [1.82, 2.24) is 20.5 Å². The molecule has 4 heterocycles. The number of rotatable bonds is 8. The van der Waals surface area contributed by atoms with E-state index in [1.54, 1.807) is 17.2 Å². The van der Waals surface area contributed by atoms with Crippen molar-refractivity contribution in [3.63, 3.8) is 0 Å². The van der Waals surface area contributed by atoms with Crippen LogP contribution < -0.4 is 25.6 Å². The minimum atomic E-state index is -0.337. The molecular formula is C30H30N6O3S. The molecule has 1 fully saturated rings. The number of urea groups is 1. The molecule has 2 aliphatic rings. The van der Waals surface area contributed by atoms with E-state index in [1.807, 2.05) is 61.6 Å². The first-order valence-electron chi connectivity index (χ1n) is 13.3. The van der Waals surface area contributed by atoms with Gasteiger partial charge in [-0.3, -0.25) is 9.69 Å². The van der Waals surface area contributed by atoms with E-state index >= 15 is 0 Å². The zero-order chi connectivity index (χ0) is 27.6. The monoisotopic (exact) mass is 554 g/mol. The number of nitrogens with zero attached hydrogens (tertiary/aromatic N) is 3. The van der Waals surface area contributed by atoms with Crippen molar-refractivity contribution < 1.29 is 14.3 Å². The quantitative estimate of drug-likeness (QED) is 0.259. The van der Waals surface area contributed by atoms with Crippen LogP contribution in [0.5, 0.6) is 11.5 Å². The highest BCUT2D eigenvalue weighted by Crippen LogP contribution is 2.46. The van der Waals surface area contributed by atoms with E-state index in [0.717, 1.165) is 36.2 Å². The molecule has 0 spiro atoms. The summed E-state index contributed by atoms with van der Waals surface area (Å²) in [5.41, 5.74) is 2.89. The van der Waals surface area contributed by atoms with Crippen LogP contribution >= 0.6 is 11.3 Å². The summed E-state index contributed by atoms with van der Waals surface area (Å²) in [6.07, 6.45) is 3.53. The van der Waals surface area contributed by atoms with E-state index in [0.29, 0.717) is 45.6 Å². The maximum absolute atomic E-state index is 13.5. The molecule has 2 aromatic carbocycles. The lowest BCUT2D eigenvalue weighted by Crippen LogP contribution is -2.48. The van der Waals surface area contributed by atoms with E-state index < -0.39 is 0 Å². The second kappa shape index (κ2) is 11.0. The van der Waals surface area contributed by atoms with Gasteiger partial charge in [-0.15, -0.1) is 11.3 Å². The average Bonchev–Trinajstić information content (AvgIpc) is 3.34. The van der Waals surface area contributed by atoms with Gasteiger partial charge < -0.3 is 25.6 Å². The zero-order valence-corrected chi connectivity index (χ0v) is 23.0. The molecule has 40 heavy (non-hydrogen) atoms. The predicted octanol–water partition coefficient (Wildman–Crippen LogP) is 5.70. The number of carbonyl (C=O) groups excluding carboxylic acids is 2. The van der Waals surface area contributed by atoms with Gasteiger partial charge in [0.05, 0.1) is 22.4 Å². The maximum Gasteiger partial charge on any atom is 0.331 e. The first kappa shape index (κ1) is 25.8. The van der Waals surface area contributed by atoms with Crippen LogP contribution in [-0.2, 0) is 0 Å². The Bertz CT molecular complexity index is 1570. The minimum absolute atomic E-state index is 0.00731. The lowest BCUT2D eigenvalue weighted by molar-refractivity contribution is 0.0918. The third-order valence-electron chi connectivity index (χ3n) is 7.11. The van der Waals surface area contributed by atoms with Crippen molar-refractivity contribution in [2.45, 2.75) is 18.9 Å². The largest absolute Gasteiger partial charge is 0.457 e. The summed E-state index contributed by atoms with van der Waals surface area (Å²) in [5.74, 6) is 1.20. The molecule has 0 saturated carbocycles. The zero-order valence-electron chi connectivity index (χ0n) is 22.1. The van der Waals surface area contributed by atoms with Crippen LogP contribution in [0.3, 0.4) is 0 Å². The molecule has 9 nitrogen and oxygen atoms in total. The van der Waals surface area contributed by atoms with E-state index in [9.17, 15) is 9.59 Å². The Morgan fingerprint density at radius 3 is 2.70 bits per heavy atom. The smallest absolute Gasteiger partial charge is 0.331 e. The number of amides is 3. The van der Waals surface area contributed by atoms with Gasteiger partial charge in [0.15, 0.2) is 0 Å². The normalized spacial score (nSPS) is 16.5. The van der Waals surface area contributed by atoms with Gasteiger partial charge in [0.1, 0.15) is 21.2 Å². The molecule has 2 aromatic heterocycles. The molecule has 204 valence electrons. The summed E-state index contributed by atoms with van der Waals surface area (Å²) in [6, 6.07) is 18.3. The van der Waals surface area contributed by atoms with Gasteiger partial charge in [-0.2, -0.15) is 0 Å². The first-order valence-corrected chi connectivity index (χ1v) is 14.1. The third-order valence-corrected chi connectivity index (χ3v) is 8.21. The Balaban J connectivity index is 1.24. The highest BCUT2D eigenvalue weighted by Gasteiger charge is 2.33. The summed E-state index contributed by atoms with van der Waals surface area (Å²) < 4.78 is 5.90. The van der Waals surface area contributed by atoms with Crippen molar-refractivity contribution in [3.8, 4) is 11.5 Å². The number of hydrogen-bond donors (Lipinski definition) is 3. The molecule has 10 heteroatoms. The summed E-state index contributed by atoms with van der Waals surface area (Å²) in [6.45, 7) is 6.51. The maximum atomic E-state index is 13.5. The summed E-state index contributed by atoms with van der Waals surface area (Å²) in [5, 5.41) is 10.1. The van der Waals surface area contributed by atoms with Crippen molar-refractivity contribution in [2.75, 3.05) is 36.9 Å². The van der Waals surface area contributed by atoms with Crippen LogP contribution in [-0.4, -0.2) is 54.5 Å². The number of aromatic nitrogens is 1. The molecule has 4 aromatic rings. The Labute approximate surface area is 236 Å². The fraction of sp³-hybridized carbons (Fsp3) is 0.233. The lowest BCUT2D eigenvalue weighted by Gasteiger charge is -2.36. The Morgan fingerprint density at radius 2 is 1.93 bits per heavy atom. The molecule has 1 atom stereocenters. The second-order valence-corrected chi connectivity index (χ2v) is 10.8. The number of nitrogens with one attached hydrogen (secondary N) is 3. The van der Waals surface area contributed by atoms with Gasteiger partial charge in [0.2, 0.25) is 0 Å². The van der Waals surface area contributed by atoms with Crippen LogP contribution in [0.2, 0.25) is 0 Å². The van der Waals surface area contributed by atoms with Crippen LogP contribution in [0.4, 0.5) is 21.9 Å². The molecule has 0 bridgehead atoms. The summed E-state index contributed by atoms with van der Waals surface area (Å²) >= 11 is 1.29. The summed E-state index contributed by atoms with van der Waals surface area (Å²) in [4.78, 5) is 36.4. The molecular weight excluding hydrogens is 524 g/mol. The number of ether oxygens (including phenoxy) is 1. The van der Waals surface area contributed by atoms with Gasteiger partial charge in [-0.25, -0.2) is 9.78 Å². The van der Waals surface area contributed by atoms with Gasteiger partial charge in [-0.1, -0.05) is 24.8 Å². The number of likely N-dealkylation sites (N-methyl/N-ethyl adjacent to an activating group) is 1. The standard InChI is InChI=1S/C30H30N6O3S/c1-19(17-31-2)35-16-6-7-20(18-35)33-28(37)27-26-25-24(14-15-32-29(25)40-27)36(30(38)34-26)21-10-12-23(13-11-21)39-22-8-4-3-5-9-22/h3-5,8-15,20,31H,1,6-7,16-18H2,2H3,(H,33,37)(H,34,38)/t20-/m1/s1. The molecule has 1 saturated heterocycles. The number of hydrogen-bond acceptors (Lipinski definition) is 7. The fourth-order valence-corrected chi connectivity index (χ4v) is 6.26. The molecule has 3 amide bonds. The Kier molecular flexibility index (Phi) is 7.10. The van der Waals surface area contributed by atoms with E-state index in [-0.39, 0.29) is 18.0 Å². The first-order chi connectivity index (χ1) is 19.5. The number of carbonyl (C=O) groups is 2. The van der Waals surface area contributed by atoms with E-state index in [4.69, 9.17) is 4.74 Å². The third kappa shape index (κ3) is 4.99. The highest BCUT2D eigenvalue weighted by atomic mass is 32.1. The number of para-hydroxylation sites is 1. The van der Waals surface area contributed by atoms with Crippen molar-refractivity contribution in [2.24, 2.45) is 0 Å². The van der Waals surface area contributed by atoms with E-state index in [1.165, 1.54) is 11.3 Å². The van der Waals surface area contributed by atoms with Crippen LogP contribution in [0.25, 0.3) is 10.2 Å². The Hall–Kier alpha value is -4.41. The number of anilines is 3. The molecule has 6 rings (SSSR count). The number of pyridine rings is 1. The molecule has 0 radical (unpaired) electrons. The SMILES string of the molecule is C=C(CNC)N1CCC[C@@H](NC(=O)c2sc3nccc4c3c2NC(=O)N4c2ccc(Oc3ccccc3)cc2)C1. The van der Waals surface area contributed by atoms with Crippen molar-refractivity contribution in [1.29, 1.82) is 0 Å². The summed E-state index contributed by atoms with van der Waals surface area (Å²) in [7, 11) is 1.90. The molecule has 0 aliphatic carbocycles. The van der Waals surface area contributed by atoms with Crippen LogP contribution in [0, 0.1) is 0 Å². The van der Waals surface area contributed by atoms with E-state index in [2.05, 4.69) is 32.4 Å². The average molecular weight is 555 g/mol. The van der Waals surface area contributed by atoms with Crippen molar-refractivity contribution >= 4 is 50.6 Å². The van der Waals surface area contributed by atoms with Gasteiger partial charge >= 0.3 is 6.03 Å². The molecule has 3 N–H and O–H groups in total. The lowest BCUT2D eigenvalue weighted by atomic mass is 10.0. The number of benzene rings is 2. The highest BCUT2D eigenvalue weighted by molar-refractivity contribution is 7.21. The number of thiophene rings is 1. The fourth-order valence-electron chi connectivity index (χ4n) is 5.24. The van der Waals surface area contributed by atoms with Crippen LogP contribution in [0.1, 0.15) is 22.5 Å². The van der Waals surface area contributed by atoms with Crippen molar-refractivity contribution in [3.05, 3.63) is 84.0 Å². The van der Waals surface area contributed by atoms with Gasteiger partial charge in [0.25, 0.3) is 5.91 Å². The second-order valence-electron chi connectivity index (χ2n) is 9.85. The molecule has 2 aliphatic heterocycles. The van der Waals surface area contributed by atoms with Crippen LogP contribution in [0.15, 0.2) is 79.1 Å².